The number of rotatable bonds is 5. The standard InChI is InChI=1S/C19H18Cl2N2O3/c1-2-26-15-6-4-14(5-7-15)23-11-12(9-18(23)24)19(25)22-17-8-3-13(20)10-16(17)21/h3-8,10,12H,2,9,11H2,1H3,(H,22,25)/t12-/m0/s1. The molecule has 5 nitrogen and oxygen atoms in total. The van der Waals surface area contributed by atoms with E-state index in [-0.39, 0.29) is 18.2 Å². The fourth-order valence-electron chi connectivity index (χ4n) is 2.85. The highest BCUT2D eigenvalue weighted by atomic mass is 35.5. The summed E-state index contributed by atoms with van der Waals surface area (Å²) in [7, 11) is 0. The molecular weight excluding hydrogens is 375 g/mol. The van der Waals surface area contributed by atoms with Crippen molar-refractivity contribution in [2.24, 2.45) is 5.92 Å². The Balaban J connectivity index is 1.67. The van der Waals surface area contributed by atoms with Crippen LogP contribution in [0.15, 0.2) is 42.5 Å². The lowest BCUT2D eigenvalue weighted by molar-refractivity contribution is -0.122. The topological polar surface area (TPSA) is 58.6 Å². The van der Waals surface area contributed by atoms with Crippen LogP contribution in [0.5, 0.6) is 5.75 Å². The highest BCUT2D eigenvalue weighted by Crippen LogP contribution is 2.29. The van der Waals surface area contributed by atoms with Crippen LogP contribution in [-0.4, -0.2) is 25.0 Å². The van der Waals surface area contributed by atoms with Crippen LogP contribution in [0.25, 0.3) is 0 Å². The molecule has 1 saturated heterocycles. The van der Waals surface area contributed by atoms with Crippen molar-refractivity contribution in [1.82, 2.24) is 0 Å². The third-order valence-corrected chi connectivity index (χ3v) is 4.69. The highest BCUT2D eigenvalue weighted by Gasteiger charge is 2.35. The van der Waals surface area contributed by atoms with Crippen molar-refractivity contribution in [3.05, 3.63) is 52.5 Å². The van der Waals surface area contributed by atoms with Gasteiger partial charge in [-0.25, -0.2) is 0 Å². The SMILES string of the molecule is CCOc1ccc(N2C[C@@H](C(=O)Nc3ccc(Cl)cc3Cl)CC2=O)cc1. The average Bonchev–Trinajstić information content (AvgIpc) is 3.00. The van der Waals surface area contributed by atoms with Gasteiger partial charge in [-0.2, -0.15) is 0 Å². The van der Waals surface area contributed by atoms with E-state index in [0.29, 0.717) is 28.9 Å². The Kier molecular flexibility index (Phi) is 5.69. The molecule has 0 aliphatic carbocycles. The molecule has 1 fully saturated rings. The molecule has 0 saturated carbocycles. The molecule has 0 bridgehead atoms. The maximum Gasteiger partial charge on any atom is 0.229 e. The maximum atomic E-state index is 12.5. The van der Waals surface area contributed by atoms with Crippen LogP contribution >= 0.6 is 23.2 Å². The number of ether oxygens (including phenoxy) is 1. The minimum absolute atomic E-state index is 0.0866. The van der Waals surface area contributed by atoms with E-state index in [2.05, 4.69) is 5.32 Å². The fraction of sp³-hybridized carbons (Fsp3) is 0.263. The Bertz CT molecular complexity index is 824. The zero-order valence-corrected chi connectivity index (χ0v) is 15.7. The van der Waals surface area contributed by atoms with Crippen molar-refractivity contribution in [2.45, 2.75) is 13.3 Å². The summed E-state index contributed by atoms with van der Waals surface area (Å²) in [5.74, 6) is -0.0251. The molecule has 7 heteroatoms. The van der Waals surface area contributed by atoms with Gasteiger partial charge >= 0.3 is 0 Å². The van der Waals surface area contributed by atoms with Gasteiger partial charge in [0.25, 0.3) is 0 Å². The van der Waals surface area contributed by atoms with E-state index in [9.17, 15) is 9.59 Å². The molecule has 136 valence electrons. The molecule has 2 amide bonds. The molecule has 1 aliphatic heterocycles. The average molecular weight is 393 g/mol. The van der Waals surface area contributed by atoms with Gasteiger partial charge in [0.05, 0.1) is 23.2 Å². The molecule has 3 rings (SSSR count). The van der Waals surface area contributed by atoms with Crippen LogP contribution < -0.4 is 15.0 Å². The Morgan fingerprint density at radius 1 is 1.23 bits per heavy atom. The molecule has 0 radical (unpaired) electrons. The van der Waals surface area contributed by atoms with E-state index in [1.165, 1.54) is 0 Å². The molecule has 26 heavy (non-hydrogen) atoms. The lowest BCUT2D eigenvalue weighted by Crippen LogP contribution is -2.28. The molecule has 1 aliphatic rings. The van der Waals surface area contributed by atoms with Crippen molar-refractivity contribution >= 4 is 46.4 Å². The predicted molar refractivity (Wildman–Crippen MR) is 103 cm³/mol. The van der Waals surface area contributed by atoms with Gasteiger partial charge in [-0.05, 0) is 49.4 Å². The van der Waals surface area contributed by atoms with Gasteiger partial charge in [0.15, 0.2) is 0 Å². The molecule has 2 aromatic carbocycles. The van der Waals surface area contributed by atoms with Gasteiger partial charge in [0.2, 0.25) is 11.8 Å². The van der Waals surface area contributed by atoms with E-state index < -0.39 is 5.92 Å². The van der Waals surface area contributed by atoms with Crippen LogP contribution in [0, 0.1) is 5.92 Å². The number of hydrogen-bond acceptors (Lipinski definition) is 3. The lowest BCUT2D eigenvalue weighted by Gasteiger charge is -2.17. The van der Waals surface area contributed by atoms with E-state index in [0.717, 1.165) is 11.4 Å². The largest absolute Gasteiger partial charge is 0.494 e. The number of anilines is 2. The van der Waals surface area contributed by atoms with Crippen molar-refractivity contribution < 1.29 is 14.3 Å². The van der Waals surface area contributed by atoms with Crippen LogP contribution in [0.3, 0.4) is 0 Å². The maximum absolute atomic E-state index is 12.5. The second kappa shape index (κ2) is 7.98. The summed E-state index contributed by atoms with van der Waals surface area (Å²) in [6.07, 6.45) is 0.157. The summed E-state index contributed by atoms with van der Waals surface area (Å²) in [5, 5.41) is 3.62. The Hall–Kier alpha value is -2.24. The Labute approximate surface area is 161 Å². The number of nitrogens with zero attached hydrogens (tertiary/aromatic N) is 1. The number of hydrogen-bond donors (Lipinski definition) is 1. The summed E-state index contributed by atoms with van der Waals surface area (Å²) in [6.45, 7) is 2.81. The number of carbonyl (C=O) groups is 2. The van der Waals surface area contributed by atoms with Gasteiger partial charge in [-0.1, -0.05) is 23.2 Å². The van der Waals surface area contributed by atoms with Gasteiger partial charge < -0.3 is 15.0 Å². The monoisotopic (exact) mass is 392 g/mol. The van der Waals surface area contributed by atoms with Crippen molar-refractivity contribution in [3.63, 3.8) is 0 Å². The first-order valence-corrected chi connectivity index (χ1v) is 9.02. The van der Waals surface area contributed by atoms with Crippen molar-refractivity contribution in [1.29, 1.82) is 0 Å². The normalized spacial score (nSPS) is 16.7. The predicted octanol–water partition coefficient (Wildman–Crippen LogP) is 4.38. The lowest BCUT2D eigenvalue weighted by atomic mass is 10.1. The summed E-state index contributed by atoms with van der Waals surface area (Å²) in [4.78, 5) is 26.5. The number of amides is 2. The minimum Gasteiger partial charge on any atom is -0.494 e. The molecule has 0 aromatic heterocycles. The van der Waals surface area contributed by atoms with Crippen LogP contribution in [0.2, 0.25) is 10.0 Å². The molecule has 0 spiro atoms. The van der Waals surface area contributed by atoms with Crippen LogP contribution in [0.4, 0.5) is 11.4 Å². The smallest absolute Gasteiger partial charge is 0.229 e. The summed E-state index contributed by atoms with van der Waals surface area (Å²) in [5.41, 5.74) is 1.23. The van der Waals surface area contributed by atoms with E-state index in [4.69, 9.17) is 27.9 Å². The molecule has 1 heterocycles. The molecule has 0 unspecified atom stereocenters. The molecule has 1 atom stereocenters. The van der Waals surface area contributed by atoms with Gasteiger partial charge in [-0.15, -0.1) is 0 Å². The fourth-order valence-corrected chi connectivity index (χ4v) is 3.30. The summed E-state index contributed by atoms with van der Waals surface area (Å²) < 4.78 is 5.41. The Morgan fingerprint density at radius 3 is 2.62 bits per heavy atom. The van der Waals surface area contributed by atoms with Gasteiger partial charge in [0, 0.05) is 23.7 Å². The third-order valence-electron chi connectivity index (χ3n) is 4.14. The quantitative estimate of drug-likeness (QED) is 0.820. The van der Waals surface area contributed by atoms with Crippen LogP contribution in [0.1, 0.15) is 13.3 Å². The molecule has 2 aromatic rings. The second-order valence-electron chi connectivity index (χ2n) is 5.95. The first kappa shape index (κ1) is 18.5. The highest BCUT2D eigenvalue weighted by molar-refractivity contribution is 6.36. The van der Waals surface area contributed by atoms with Gasteiger partial charge in [-0.3, -0.25) is 9.59 Å². The van der Waals surface area contributed by atoms with Crippen molar-refractivity contribution in [3.8, 4) is 5.75 Å². The summed E-state index contributed by atoms with van der Waals surface area (Å²) >= 11 is 11.9. The molecule has 1 N–H and O–H groups in total. The van der Waals surface area contributed by atoms with Crippen molar-refractivity contribution in [2.75, 3.05) is 23.4 Å². The number of benzene rings is 2. The zero-order valence-electron chi connectivity index (χ0n) is 14.2. The van der Waals surface area contributed by atoms with Gasteiger partial charge in [0.1, 0.15) is 5.75 Å². The number of nitrogens with one attached hydrogen (secondary N) is 1. The van der Waals surface area contributed by atoms with Crippen LogP contribution in [-0.2, 0) is 9.59 Å². The van der Waals surface area contributed by atoms with E-state index in [1.54, 1.807) is 23.1 Å². The molecular formula is C19H18Cl2N2O3. The third kappa shape index (κ3) is 4.11. The minimum atomic E-state index is -0.444. The first-order chi connectivity index (χ1) is 12.5. The van der Waals surface area contributed by atoms with E-state index >= 15 is 0 Å². The zero-order chi connectivity index (χ0) is 18.7. The van der Waals surface area contributed by atoms with E-state index in [1.807, 2.05) is 31.2 Å². The Morgan fingerprint density at radius 2 is 1.96 bits per heavy atom. The first-order valence-electron chi connectivity index (χ1n) is 8.27. The second-order valence-corrected chi connectivity index (χ2v) is 6.79. The summed E-state index contributed by atoms with van der Waals surface area (Å²) in [6, 6.07) is 12.1. The number of carbonyl (C=O) groups excluding carboxylic acids is 2. The number of halogens is 2.